The van der Waals surface area contributed by atoms with Gasteiger partial charge < -0.3 is 5.73 Å². The second kappa shape index (κ2) is 5.22. The molecule has 0 bridgehead atoms. The highest BCUT2D eigenvalue weighted by Crippen LogP contribution is 2.27. The summed E-state index contributed by atoms with van der Waals surface area (Å²) in [6, 6.07) is 7.24. The molecule has 0 saturated heterocycles. The standard InChI is InChI=1S/C10H9ClN4OS/c11-7-3-1-6(2-4-7)9-14-15-10(17-9)13-8(16)5-12/h1-4H,5,12H2,(H,13,15,16). The number of amides is 1. The van der Waals surface area contributed by atoms with Crippen molar-refractivity contribution in [2.24, 2.45) is 5.73 Å². The van der Waals surface area contributed by atoms with E-state index in [0.29, 0.717) is 15.2 Å². The van der Waals surface area contributed by atoms with Crippen LogP contribution in [0.5, 0.6) is 0 Å². The quantitative estimate of drug-likeness (QED) is 0.889. The molecule has 1 amide bonds. The van der Waals surface area contributed by atoms with E-state index in [-0.39, 0.29) is 12.5 Å². The number of hydrogen-bond acceptors (Lipinski definition) is 5. The maximum absolute atomic E-state index is 11.1. The molecule has 0 unspecified atom stereocenters. The molecule has 2 aromatic rings. The third-order valence-electron chi connectivity index (χ3n) is 1.95. The molecular weight excluding hydrogens is 260 g/mol. The number of halogens is 1. The Hall–Kier alpha value is -1.50. The van der Waals surface area contributed by atoms with Crippen molar-refractivity contribution < 1.29 is 4.79 Å². The van der Waals surface area contributed by atoms with Gasteiger partial charge in [-0.05, 0) is 12.1 Å². The van der Waals surface area contributed by atoms with Crippen molar-refractivity contribution in [3.63, 3.8) is 0 Å². The molecule has 2 rings (SSSR count). The second-order valence-corrected chi connectivity index (χ2v) is 4.59. The average Bonchev–Trinajstić information content (AvgIpc) is 2.78. The molecule has 88 valence electrons. The van der Waals surface area contributed by atoms with Crippen molar-refractivity contribution in [3.8, 4) is 10.6 Å². The van der Waals surface area contributed by atoms with E-state index in [1.165, 1.54) is 11.3 Å². The van der Waals surface area contributed by atoms with Gasteiger partial charge in [-0.15, -0.1) is 10.2 Å². The number of carbonyl (C=O) groups is 1. The maximum atomic E-state index is 11.1. The first-order valence-corrected chi connectivity index (χ1v) is 5.98. The number of nitrogens with one attached hydrogen (secondary N) is 1. The van der Waals surface area contributed by atoms with Gasteiger partial charge in [-0.2, -0.15) is 0 Å². The molecule has 0 radical (unpaired) electrons. The highest BCUT2D eigenvalue weighted by atomic mass is 35.5. The van der Waals surface area contributed by atoms with Crippen molar-refractivity contribution >= 4 is 34.0 Å². The van der Waals surface area contributed by atoms with Gasteiger partial charge in [-0.3, -0.25) is 10.1 Å². The van der Waals surface area contributed by atoms with Gasteiger partial charge in [0.15, 0.2) is 0 Å². The molecule has 1 heterocycles. The summed E-state index contributed by atoms with van der Waals surface area (Å²) >= 11 is 7.07. The minimum absolute atomic E-state index is 0.0736. The van der Waals surface area contributed by atoms with E-state index in [0.717, 1.165) is 5.56 Å². The number of nitrogens with zero attached hydrogens (tertiary/aromatic N) is 2. The van der Waals surface area contributed by atoms with Crippen LogP contribution < -0.4 is 11.1 Å². The van der Waals surface area contributed by atoms with Gasteiger partial charge in [-0.1, -0.05) is 35.1 Å². The van der Waals surface area contributed by atoms with Crippen molar-refractivity contribution in [1.82, 2.24) is 10.2 Å². The molecule has 0 aliphatic carbocycles. The normalized spacial score (nSPS) is 10.2. The van der Waals surface area contributed by atoms with E-state index < -0.39 is 0 Å². The minimum Gasteiger partial charge on any atom is -0.322 e. The molecule has 1 aromatic carbocycles. The molecule has 0 aliphatic rings. The van der Waals surface area contributed by atoms with Crippen LogP contribution in [0, 0.1) is 0 Å². The van der Waals surface area contributed by atoms with Gasteiger partial charge in [0.25, 0.3) is 0 Å². The van der Waals surface area contributed by atoms with Gasteiger partial charge in [0.1, 0.15) is 5.01 Å². The number of rotatable bonds is 3. The zero-order valence-corrected chi connectivity index (χ0v) is 10.3. The minimum atomic E-state index is -0.288. The van der Waals surface area contributed by atoms with Crippen LogP contribution in [-0.4, -0.2) is 22.6 Å². The van der Waals surface area contributed by atoms with E-state index in [2.05, 4.69) is 15.5 Å². The Kier molecular flexibility index (Phi) is 3.68. The van der Waals surface area contributed by atoms with Gasteiger partial charge in [0, 0.05) is 10.6 Å². The lowest BCUT2D eigenvalue weighted by Crippen LogP contribution is -2.21. The van der Waals surface area contributed by atoms with E-state index in [4.69, 9.17) is 17.3 Å². The highest BCUT2D eigenvalue weighted by molar-refractivity contribution is 7.18. The Balaban J connectivity index is 2.18. The molecular formula is C10H9ClN4OS. The third kappa shape index (κ3) is 3.00. The first-order valence-electron chi connectivity index (χ1n) is 4.78. The fraction of sp³-hybridized carbons (Fsp3) is 0.100. The smallest absolute Gasteiger partial charge is 0.239 e. The Bertz CT molecular complexity index is 525. The molecule has 3 N–H and O–H groups in total. The number of carbonyl (C=O) groups excluding carboxylic acids is 1. The molecule has 0 aliphatic heterocycles. The molecule has 7 heteroatoms. The summed E-state index contributed by atoms with van der Waals surface area (Å²) in [6.07, 6.45) is 0. The summed E-state index contributed by atoms with van der Waals surface area (Å²) < 4.78 is 0. The van der Waals surface area contributed by atoms with Gasteiger partial charge in [0.2, 0.25) is 11.0 Å². The van der Waals surface area contributed by atoms with E-state index in [1.807, 2.05) is 12.1 Å². The summed E-state index contributed by atoms with van der Waals surface area (Å²) in [5, 5.41) is 12.2. The van der Waals surface area contributed by atoms with Crippen LogP contribution in [0.2, 0.25) is 5.02 Å². The van der Waals surface area contributed by atoms with E-state index in [9.17, 15) is 4.79 Å². The largest absolute Gasteiger partial charge is 0.322 e. The Morgan fingerprint density at radius 2 is 2.06 bits per heavy atom. The third-order valence-corrected chi connectivity index (χ3v) is 3.09. The summed E-state index contributed by atoms with van der Waals surface area (Å²) in [4.78, 5) is 11.1. The van der Waals surface area contributed by atoms with Crippen molar-refractivity contribution in [1.29, 1.82) is 0 Å². The van der Waals surface area contributed by atoms with Gasteiger partial charge in [0.05, 0.1) is 6.54 Å². The van der Waals surface area contributed by atoms with Crippen LogP contribution in [0.3, 0.4) is 0 Å². The molecule has 1 aromatic heterocycles. The van der Waals surface area contributed by atoms with Crippen LogP contribution in [0.25, 0.3) is 10.6 Å². The van der Waals surface area contributed by atoms with Crippen LogP contribution in [-0.2, 0) is 4.79 Å². The van der Waals surface area contributed by atoms with E-state index in [1.54, 1.807) is 12.1 Å². The van der Waals surface area contributed by atoms with Crippen LogP contribution in [0.1, 0.15) is 0 Å². The molecule has 5 nitrogen and oxygen atoms in total. The number of nitrogens with two attached hydrogens (primary N) is 1. The van der Waals surface area contributed by atoms with Crippen LogP contribution in [0.4, 0.5) is 5.13 Å². The van der Waals surface area contributed by atoms with Crippen LogP contribution >= 0.6 is 22.9 Å². The fourth-order valence-electron chi connectivity index (χ4n) is 1.15. The Morgan fingerprint density at radius 1 is 1.35 bits per heavy atom. The summed E-state index contributed by atoms with van der Waals surface area (Å²) in [7, 11) is 0. The number of hydrogen-bond donors (Lipinski definition) is 2. The van der Waals surface area contributed by atoms with Crippen molar-refractivity contribution in [2.75, 3.05) is 11.9 Å². The zero-order chi connectivity index (χ0) is 12.3. The SMILES string of the molecule is NCC(=O)Nc1nnc(-c2ccc(Cl)cc2)s1. The molecule has 0 atom stereocenters. The lowest BCUT2D eigenvalue weighted by atomic mass is 10.2. The van der Waals surface area contributed by atoms with Gasteiger partial charge in [-0.25, -0.2) is 0 Å². The molecule has 0 saturated carbocycles. The summed E-state index contributed by atoms with van der Waals surface area (Å²) in [5.41, 5.74) is 6.09. The Morgan fingerprint density at radius 3 is 2.71 bits per heavy atom. The summed E-state index contributed by atoms with van der Waals surface area (Å²) in [6.45, 7) is -0.0736. The highest BCUT2D eigenvalue weighted by Gasteiger charge is 2.08. The topological polar surface area (TPSA) is 80.9 Å². The monoisotopic (exact) mass is 268 g/mol. The van der Waals surface area contributed by atoms with Crippen molar-refractivity contribution in [3.05, 3.63) is 29.3 Å². The summed E-state index contributed by atoms with van der Waals surface area (Å²) in [5.74, 6) is -0.288. The molecule has 17 heavy (non-hydrogen) atoms. The number of benzene rings is 1. The van der Waals surface area contributed by atoms with E-state index >= 15 is 0 Å². The number of aromatic nitrogens is 2. The van der Waals surface area contributed by atoms with Gasteiger partial charge >= 0.3 is 0 Å². The fourth-order valence-corrected chi connectivity index (χ4v) is 2.04. The average molecular weight is 269 g/mol. The zero-order valence-electron chi connectivity index (χ0n) is 8.68. The molecule has 0 fully saturated rings. The first-order chi connectivity index (χ1) is 8.19. The lowest BCUT2D eigenvalue weighted by Gasteiger charge is -1.95. The Labute approximate surface area is 107 Å². The van der Waals surface area contributed by atoms with Crippen molar-refractivity contribution in [2.45, 2.75) is 0 Å². The first kappa shape index (κ1) is 12.0. The second-order valence-electron chi connectivity index (χ2n) is 3.17. The van der Waals surface area contributed by atoms with Crippen LogP contribution in [0.15, 0.2) is 24.3 Å². The number of anilines is 1. The maximum Gasteiger partial charge on any atom is 0.239 e. The molecule has 0 spiro atoms. The predicted molar refractivity (Wildman–Crippen MR) is 68.0 cm³/mol. The lowest BCUT2D eigenvalue weighted by molar-refractivity contribution is -0.114. The predicted octanol–water partition coefficient (Wildman–Crippen LogP) is 1.76.